The third kappa shape index (κ3) is 6.42. The van der Waals surface area contributed by atoms with Crippen molar-refractivity contribution >= 4 is 13.5 Å². The normalized spacial score (nSPS) is 13.9. The summed E-state index contributed by atoms with van der Waals surface area (Å²) in [5.74, 6) is -0.106. The van der Waals surface area contributed by atoms with Crippen molar-refractivity contribution in [2.75, 3.05) is 32.5 Å². The summed E-state index contributed by atoms with van der Waals surface area (Å²) < 4.78 is 24.9. The molecule has 2 aromatic carbocycles. The number of amides is 1. The summed E-state index contributed by atoms with van der Waals surface area (Å²) in [6.07, 6.45) is 5.88. The number of hydrogen-bond acceptors (Lipinski definition) is 5. The molecular weight excluding hydrogens is 461 g/mol. The second-order valence-electron chi connectivity index (χ2n) is 9.14. The Hall–Kier alpha value is -1.98. The van der Waals surface area contributed by atoms with Gasteiger partial charge in [0.05, 0.1) is 26.0 Å². The number of benzene rings is 2. The Balaban J connectivity index is 1.80. The molecule has 1 amide bonds. The van der Waals surface area contributed by atoms with Gasteiger partial charge < -0.3 is 19.5 Å². The van der Waals surface area contributed by atoms with Crippen molar-refractivity contribution < 1.29 is 23.5 Å². The Labute approximate surface area is 210 Å². The van der Waals surface area contributed by atoms with E-state index in [1.807, 2.05) is 36.4 Å². The van der Waals surface area contributed by atoms with Crippen LogP contribution < -0.4 is 5.32 Å². The third-order valence-corrected chi connectivity index (χ3v) is 8.67. The lowest BCUT2D eigenvalue weighted by atomic mass is 9.73. The van der Waals surface area contributed by atoms with Gasteiger partial charge in [0.25, 0.3) is 0 Å². The Kier molecular flexibility index (Phi) is 10.5. The Morgan fingerprint density at radius 1 is 0.886 bits per heavy atom. The van der Waals surface area contributed by atoms with Gasteiger partial charge in [-0.05, 0) is 47.9 Å². The van der Waals surface area contributed by atoms with Gasteiger partial charge in [0.15, 0.2) is 0 Å². The first-order valence-corrected chi connectivity index (χ1v) is 14.7. The summed E-state index contributed by atoms with van der Waals surface area (Å²) in [7, 11) is -3.17. The van der Waals surface area contributed by atoms with Crippen molar-refractivity contribution in [3.05, 3.63) is 59.7 Å². The third-order valence-electron chi connectivity index (χ3n) is 6.65. The molecule has 0 bridgehead atoms. The molecule has 1 aliphatic rings. The van der Waals surface area contributed by atoms with Gasteiger partial charge in [0, 0.05) is 6.54 Å². The fourth-order valence-electron chi connectivity index (χ4n) is 4.83. The average Bonchev–Trinajstić information content (AvgIpc) is 3.16. The predicted molar refractivity (Wildman–Crippen MR) is 141 cm³/mol. The zero-order chi connectivity index (χ0) is 25.2. The van der Waals surface area contributed by atoms with Crippen LogP contribution in [0.4, 0.5) is 0 Å². The Bertz CT molecular complexity index is 949. The highest BCUT2D eigenvalue weighted by Gasteiger charge is 2.48. The highest BCUT2D eigenvalue weighted by atomic mass is 31.2. The molecule has 0 radical (unpaired) electrons. The molecule has 0 unspecified atom stereocenters. The van der Waals surface area contributed by atoms with Crippen LogP contribution in [-0.2, 0) is 23.8 Å². The van der Waals surface area contributed by atoms with Crippen molar-refractivity contribution in [3.63, 3.8) is 0 Å². The van der Waals surface area contributed by atoms with Crippen LogP contribution in [0.15, 0.2) is 48.5 Å². The minimum Gasteiger partial charge on any atom is -0.395 e. The molecule has 35 heavy (non-hydrogen) atoms. The number of carbonyl (C=O) groups is 1. The van der Waals surface area contributed by atoms with Gasteiger partial charge in [-0.15, -0.1) is 0 Å². The molecule has 0 heterocycles. The fraction of sp³-hybridized carbons (Fsp3) is 0.536. The number of carbonyl (C=O) groups excluding carboxylic acids is 1. The zero-order valence-corrected chi connectivity index (χ0v) is 22.0. The highest BCUT2D eigenvalue weighted by molar-refractivity contribution is 7.53. The van der Waals surface area contributed by atoms with Crippen molar-refractivity contribution in [1.82, 2.24) is 5.32 Å². The molecule has 2 aromatic rings. The van der Waals surface area contributed by atoms with Crippen molar-refractivity contribution in [3.8, 4) is 11.1 Å². The maximum atomic E-state index is 13.7. The second kappa shape index (κ2) is 13.4. The zero-order valence-electron chi connectivity index (χ0n) is 21.1. The minimum absolute atomic E-state index is 0.106. The van der Waals surface area contributed by atoms with Crippen molar-refractivity contribution in [1.29, 1.82) is 0 Å². The average molecular weight is 502 g/mol. The highest BCUT2D eigenvalue weighted by Crippen LogP contribution is 2.53. The topological polar surface area (TPSA) is 84.9 Å². The number of aliphatic hydroxyl groups is 1. The van der Waals surface area contributed by atoms with E-state index in [-0.39, 0.29) is 19.1 Å². The SMILES string of the molecule is CCCCOP(=O)(CCCCC1(C(=O)NCCO)c2ccccc2-c2ccccc21)OCCCC. The van der Waals surface area contributed by atoms with E-state index in [0.717, 1.165) is 47.9 Å². The van der Waals surface area contributed by atoms with E-state index in [1.54, 1.807) is 0 Å². The largest absolute Gasteiger partial charge is 0.395 e. The Morgan fingerprint density at radius 2 is 1.43 bits per heavy atom. The number of hydrogen-bond donors (Lipinski definition) is 2. The van der Waals surface area contributed by atoms with Gasteiger partial charge in [-0.25, -0.2) is 0 Å². The second-order valence-corrected chi connectivity index (χ2v) is 11.3. The van der Waals surface area contributed by atoms with E-state index in [0.29, 0.717) is 38.6 Å². The molecule has 2 N–H and O–H groups in total. The standard InChI is InChI=1S/C28H40NO5P/c1-3-5-20-33-35(32,34-21-6-4-2)22-12-11-17-28(27(31)29-18-19-30)25-15-9-7-13-23(25)24-14-8-10-16-26(24)28/h7-10,13-16,30H,3-6,11-12,17-22H2,1-2H3,(H,29,31). The summed E-state index contributed by atoms with van der Waals surface area (Å²) in [6.45, 7) is 5.12. The van der Waals surface area contributed by atoms with Crippen LogP contribution in [-0.4, -0.2) is 43.5 Å². The van der Waals surface area contributed by atoms with Crippen LogP contribution >= 0.6 is 7.60 Å². The minimum atomic E-state index is -3.17. The molecule has 0 aliphatic heterocycles. The molecule has 0 fully saturated rings. The van der Waals surface area contributed by atoms with Crippen LogP contribution in [0.5, 0.6) is 0 Å². The maximum absolute atomic E-state index is 13.7. The van der Waals surface area contributed by atoms with Gasteiger partial charge in [-0.3, -0.25) is 9.36 Å². The van der Waals surface area contributed by atoms with Crippen molar-refractivity contribution in [2.45, 2.75) is 64.2 Å². The van der Waals surface area contributed by atoms with Crippen LogP contribution in [0.1, 0.15) is 69.9 Å². The van der Waals surface area contributed by atoms with Gasteiger partial charge in [0.1, 0.15) is 5.41 Å². The molecule has 0 spiro atoms. The van der Waals surface area contributed by atoms with Gasteiger partial charge in [0.2, 0.25) is 5.91 Å². The number of fused-ring (bicyclic) bond motifs is 3. The quantitative estimate of drug-likeness (QED) is 0.216. The number of nitrogens with one attached hydrogen (secondary N) is 1. The molecule has 0 atom stereocenters. The van der Waals surface area contributed by atoms with E-state index < -0.39 is 13.0 Å². The van der Waals surface area contributed by atoms with Crippen LogP contribution in [0, 0.1) is 0 Å². The van der Waals surface area contributed by atoms with E-state index >= 15 is 0 Å². The van der Waals surface area contributed by atoms with Crippen LogP contribution in [0.25, 0.3) is 11.1 Å². The lowest BCUT2D eigenvalue weighted by molar-refractivity contribution is -0.125. The molecule has 0 aromatic heterocycles. The summed E-state index contributed by atoms with van der Waals surface area (Å²) in [4.78, 5) is 13.7. The molecule has 3 rings (SSSR count). The summed E-state index contributed by atoms with van der Waals surface area (Å²) in [5.41, 5.74) is 3.26. The van der Waals surface area contributed by atoms with E-state index in [4.69, 9.17) is 9.05 Å². The molecule has 0 saturated heterocycles. The number of aliphatic hydroxyl groups excluding tert-OH is 1. The first kappa shape index (κ1) is 27.6. The number of rotatable bonds is 16. The van der Waals surface area contributed by atoms with Crippen molar-refractivity contribution in [2.24, 2.45) is 0 Å². The maximum Gasteiger partial charge on any atom is 0.330 e. The fourth-order valence-corrected chi connectivity index (χ4v) is 6.59. The first-order chi connectivity index (χ1) is 17.0. The lowest BCUT2D eigenvalue weighted by Crippen LogP contribution is -2.45. The van der Waals surface area contributed by atoms with E-state index in [1.165, 1.54) is 0 Å². The molecule has 7 heteroatoms. The predicted octanol–water partition coefficient (Wildman–Crippen LogP) is 6.06. The van der Waals surface area contributed by atoms with Crippen LogP contribution in [0.2, 0.25) is 0 Å². The van der Waals surface area contributed by atoms with E-state index in [2.05, 4.69) is 31.3 Å². The molecular formula is C28H40NO5P. The summed E-state index contributed by atoms with van der Waals surface area (Å²) in [6, 6.07) is 16.1. The molecule has 6 nitrogen and oxygen atoms in total. The molecule has 192 valence electrons. The van der Waals surface area contributed by atoms with Gasteiger partial charge >= 0.3 is 7.60 Å². The number of unbranched alkanes of at least 4 members (excludes halogenated alkanes) is 3. The Morgan fingerprint density at radius 3 is 1.94 bits per heavy atom. The molecule has 0 saturated carbocycles. The smallest absolute Gasteiger partial charge is 0.330 e. The van der Waals surface area contributed by atoms with Gasteiger partial charge in [-0.1, -0.05) is 81.6 Å². The lowest BCUT2D eigenvalue weighted by Gasteiger charge is -2.31. The summed E-state index contributed by atoms with van der Waals surface area (Å²) in [5, 5.41) is 12.3. The molecule has 1 aliphatic carbocycles. The van der Waals surface area contributed by atoms with Crippen LogP contribution in [0.3, 0.4) is 0 Å². The first-order valence-electron chi connectivity index (χ1n) is 13.0. The summed E-state index contributed by atoms with van der Waals surface area (Å²) >= 11 is 0. The monoisotopic (exact) mass is 501 g/mol. The van der Waals surface area contributed by atoms with Gasteiger partial charge in [-0.2, -0.15) is 0 Å². The van der Waals surface area contributed by atoms with E-state index in [9.17, 15) is 14.5 Å².